The molecule has 0 spiro atoms. The minimum atomic E-state index is -0.0941. The Hall–Kier alpha value is -1.99. The molecule has 0 aromatic carbocycles. The third-order valence-electron chi connectivity index (χ3n) is 4.14. The summed E-state index contributed by atoms with van der Waals surface area (Å²) < 4.78 is 7.07. The van der Waals surface area contributed by atoms with E-state index in [0.717, 1.165) is 49.6 Å². The summed E-state index contributed by atoms with van der Waals surface area (Å²) in [4.78, 5) is 19.1. The first-order valence-corrected chi connectivity index (χ1v) is 7.95. The molecular formula is C16H23N5O2. The van der Waals surface area contributed by atoms with Gasteiger partial charge in [0, 0.05) is 44.3 Å². The zero-order valence-corrected chi connectivity index (χ0v) is 13.9. The Bertz CT molecular complexity index is 706. The van der Waals surface area contributed by atoms with Crippen LogP contribution < -0.4 is 5.32 Å². The number of fused-ring (bicyclic) bond motifs is 1. The monoisotopic (exact) mass is 317 g/mol. The highest BCUT2D eigenvalue weighted by Crippen LogP contribution is 2.16. The van der Waals surface area contributed by atoms with Gasteiger partial charge in [-0.05, 0) is 19.9 Å². The maximum Gasteiger partial charge on any atom is 0.253 e. The second-order valence-corrected chi connectivity index (χ2v) is 6.09. The molecule has 1 atom stereocenters. The lowest BCUT2D eigenvalue weighted by atomic mass is 10.2. The van der Waals surface area contributed by atoms with Crippen LogP contribution in [0.2, 0.25) is 0 Å². The number of nitrogens with zero attached hydrogens (tertiary/aromatic N) is 4. The quantitative estimate of drug-likeness (QED) is 0.900. The van der Waals surface area contributed by atoms with E-state index >= 15 is 0 Å². The Labute approximate surface area is 135 Å². The molecule has 1 saturated heterocycles. The lowest BCUT2D eigenvalue weighted by molar-refractivity contribution is 0.0342. The van der Waals surface area contributed by atoms with E-state index in [1.165, 1.54) is 0 Å². The van der Waals surface area contributed by atoms with Crippen LogP contribution in [0.3, 0.4) is 0 Å². The van der Waals surface area contributed by atoms with Crippen molar-refractivity contribution in [1.82, 2.24) is 25.0 Å². The molecule has 23 heavy (non-hydrogen) atoms. The van der Waals surface area contributed by atoms with Gasteiger partial charge >= 0.3 is 0 Å². The Morgan fingerprint density at radius 3 is 2.91 bits per heavy atom. The van der Waals surface area contributed by atoms with Crippen LogP contribution in [-0.4, -0.2) is 64.5 Å². The fraction of sp³-hybridized carbons (Fsp3) is 0.562. The van der Waals surface area contributed by atoms with E-state index in [4.69, 9.17) is 4.74 Å². The number of aromatic nitrogens is 3. The fourth-order valence-electron chi connectivity index (χ4n) is 2.96. The smallest absolute Gasteiger partial charge is 0.253 e. The fourth-order valence-corrected chi connectivity index (χ4v) is 2.96. The molecule has 0 saturated carbocycles. The van der Waals surface area contributed by atoms with E-state index in [-0.39, 0.29) is 11.9 Å². The second kappa shape index (κ2) is 6.64. The summed E-state index contributed by atoms with van der Waals surface area (Å²) in [5.41, 5.74) is 2.24. The minimum Gasteiger partial charge on any atom is -0.379 e. The highest BCUT2D eigenvalue weighted by atomic mass is 16.5. The molecule has 1 fully saturated rings. The topological polar surface area (TPSA) is 72.3 Å². The zero-order chi connectivity index (χ0) is 16.4. The van der Waals surface area contributed by atoms with Gasteiger partial charge in [-0.2, -0.15) is 5.10 Å². The Morgan fingerprint density at radius 2 is 2.17 bits per heavy atom. The predicted molar refractivity (Wildman–Crippen MR) is 87.4 cm³/mol. The zero-order valence-electron chi connectivity index (χ0n) is 13.9. The number of morpholine rings is 1. The van der Waals surface area contributed by atoms with Gasteiger partial charge < -0.3 is 10.1 Å². The van der Waals surface area contributed by atoms with Crippen molar-refractivity contribution in [2.45, 2.75) is 19.9 Å². The maximum absolute atomic E-state index is 12.4. The van der Waals surface area contributed by atoms with E-state index in [0.29, 0.717) is 5.56 Å². The third-order valence-corrected chi connectivity index (χ3v) is 4.14. The van der Waals surface area contributed by atoms with Gasteiger partial charge in [0.2, 0.25) is 0 Å². The molecule has 3 rings (SSSR count). The van der Waals surface area contributed by atoms with Gasteiger partial charge in [-0.25, -0.2) is 4.98 Å². The van der Waals surface area contributed by atoms with E-state index < -0.39 is 0 Å². The number of ether oxygens (including phenoxy) is 1. The summed E-state index contributed by atoms with van der Waals surface area (Å²) in [6.07, 6.45) is 1.61. The van der Waals surface area contributed by atoms with Gasteiger partial charge in [-0.1, -0.05) is 0 Å². The van der Waals surface area contributed by atoms with Crippen molar-refractivity contribution in [3.8, 4) is 0 Å². The lowest BCUT2D eigenvalue weighted by Gasteiger charge is -2.29. The van der Waals surface area contributed by atoms with Crippen molar-refractivity contribution in [3.63, 3.8) is 0 Å². The first-order chi connectivity index (χ1) is 11.0. The van der Waals surface area contributed by atoms with Gasteiger partial charge in [-0.3, -0.25) is 14.4 Å². The highest BCUT2D eigenvalue weighted by molar-refractivity contribution is 5.97. The van der Waals surface area contributed by atoms with Crippen LogP contribution in [0.25, 0.3) is 11.0 Å². The van der Waals surface area contributed by atoms with Crippen LogP contribution in [-0.2, 0) is 11.8 Å². The largest absolute Gasteiger partial charge is 0.379 e. The summed E-state index contributed by atoms with van der Waals surface area (Å²) in [5, 5.41) is 8.30. The van der Waals surface area contributed by atoms with Gasteiger partial charge in [-0.15, -0.1) is 0 Å². The van der Waals surface area contributed by atoms with Crippen molar-refractivity contribution in [2.24, 2.45) is 7.05 Å². The van der Waals surface area contributed by atoms with Gasteiger partial charge in [0.15, 0.2) is 5.65 Å². The van der Waals surface area contributed by atoms with Crippen molar-refractivity contribution in [1.29, 1.82) is 0 Å². The summed E-state index contributed by atoms with van der Waals surface area (Å²) in [5.74, 6) is -0.0941. The van der Waals surface area contributed by atoms with Crippen molar-refractivity contribution in [2.75, 3.05) is 32.8 Å². The van der Waals surface area contributed by atoms with E-state index in [1.54, 1.807) is 10.9 Å². The summed E-state index contributed by atoms with van der Waals surface area (Å²) in [6, 6.07) is 1.94. The van der Waals surface area contributed by atoms with E-state index in [2.05, 4.69) is 20.3 Å². The van der Waals surface area contributed by atoms with Crippen molar-refractivity contribution < 1.29 is 9.53 Å². The average molecular weight is 317 g/mol. The average Bonchev–Trinajstić information content (AvgIpc) is 2.82. The third kappa shape index (κ3) is 3.51. The summed E-state index contributed by atoms with van der Waals surface area (Å²) in [6.45, 7) is 8.15. The molecule has 7 nitrogen and oxygen atoms in total. The van der Waals surface area contributed by atoms with Gasteiger partial charge in [0.25, 0.3) is 5.91 Å². The Balaban J connectivity index is 1.66. The molecular weight excluding hydrogens is 294 g/mol. The maximum atomic E-state index is 12.4. The van der Waals surface area contributed by atoms with Crippen LogP contribution in [0.5, 0.6) is 0 Å². The lowest BCUT2D eigenvalue weighted by Crippen LogP contribution is -2.46. The molecule has 3 heterocycles. The molecule has 0 radical (unpaired) electrons. The Morgan fingerprint density at radius 1 is 1.43 bits per heavy atom. The molecule has 124 valence electrons. The van der Waals surface area contributed by atoms with E-state index in [9.17, 15) is 4.79 Å². The number of hydrogen-bond acceptors (Lipinski definition) is 5. The molecule has 2 aromatic heterocycles. The molecule has 7 heteroatoms. The van der Waals surface area contributed by atoms with Crippen LogP contribution in [0.15, 0.2) is 12.3 Å². The van der Waals surface area contributed by atoms with Gasteiger partial charge in [0.1, 0.15) is 0 Å². The number of aryl methyl sites for hydroxylation is 2. The molecule has 0 aliphatic carbocycles. The van der Waals surface area contributed by atoms with Crippen LogP contribution in [0, 0.1) is 6.92 Å². The first kappa shape index (κ1) is 15.9. The standard InChI is InChI=1S/C16H23N5O2/c1-11(10-21-4-6-23-7-5-21)18-16(22)13-8-14-12(2)19-20(3)15(14)17-9-13/h8-9,11H,4-7,10H2,1-3H3,(H,18,22)/t11-/m1/s1. The summed E-state index contributed by atoms with van der Waals surface area (Å²) >= 11 is 0. The minimum absolute atomic E-state index is 0.0753. The van der Waals surface area contributed by atoms with Crippen LogP contribution in [0.4, 0.5) is 0 Å². The first-order valence-electron chi connectivity index (χ1n) is 7.95. The van der Waals surface area contributed by atoms with Crippen LogP contribution in [0.1, 0.15) is 23.0 Å². The number of nitrogens with one attached hydrogen (secondary N) is 1. The normalized spacial score (nSPS) is 17.3. The SMILES string of the molecule is Cc1nn(C)c2ncc(C(=O)N[C@H](C)CN3CCOCC3)cc12. The van der Waals surface area contributed by atoms with Crippen molar-refractivity contribution >= 4 is 16.9 Å². The molecule has 1 aliphatic rings. The molecule has 2 aromatic rings. The number of rotatable bonds is 4. The van der Waals surface area contributed by atoms with Crippen molar-refractivity contribution in [3.05, 3.63) is 23.5 Å². The Kier molecular flexibility index (Phi) is 4.58. The molecule has 1 N–H and O–H groups in total. The van der Waals surface area contributed by atoms with E-state index in [1.807, 2.05) is 27.0 Å². The summed E-state index contributed by atoms with van der Waals surface area (Å²) in [7, 11) is 1.85. The number of pyridine rings is 1. The van der Waals surface area contributed by atoms with Gasteiger partial charge in [0.05, 0.1) is 24.5 Å². The number of hydrogen-bond donors (Lipinski definition) is 1. The molecule has 0 unspecified atom stereocenters. The van der Waals surface area contributed by atoms with Crippen LogP contribution >= 0.6 is 0 Å². The second-order valence-electron chi connectivity index (χ2n) is 6.09. The number of carbonyl (C=O) groups excluding carboxylic acids is 1. The predicted octanol–water partition coefficient (Wildman–Crippen LogP) is 0.727. The molecule has 1 aliphatic heterocycles. The number of carbonyl (C=O) groups is 1. The number of amides is 1. The molecule has 0 bridgehead atoms. The molecule has 1 amide bonds. The highest BCUT2D eigenvalue weighted by Gasteiger charge is 2.17.